The summed E-state index contributed by atoms with van der Waals surface area (Å²) in [6.45, 7) is 11.3. The van der Waals surface area contributed by atoms with Gasteiger partial charge >= 0.3 is 0 Å². The summed E-state index contributed by atoms with van der Waals surface area (Å²) in [5, 5.41) is 11.2. The number of guanidine groups is 1. The topological polar surface area (TPSA) is 57.5 Å². The minimum Gasteiger partial charge on any atom is -0.356 e. The summed E-state index contributed by atoms with van der Waals surface area (Å²) >= 11 is 0. The highest BCUT2D eigenvalue weighted by atomic mass is 15.3. The molecule has 0 amide bonds. The van der Waals surface area contributed by atoms with E-state index >= 15 is 0 Å². The van der Waals surface area contributed by atoms with Gasteiger partial charge in [0.05, 0.1) is 5.69 Å². The molecule has 1 rings (SSSR count). The first-order valence-electron chi connectivity index (χ1n) is 8.71. The van der Waals surface area contributed by atoms with Gasteiger partial charge in [-0.05, 0) is 46.3 Å². The maximum atomic E-state index is 4.48. The predicted octanol–water partition coefficient (Wildman–Crippen LogP) is 1.79. The third-order valence-corrected chi connectivity index (χ3v) is 3.85. The van der Waals surface area contributed by atoms with Gasteiger partial charge in [-0.2, -0.15) is 5.10 Å². The second-order valence-corrected chi connectivity index (χ2v) is 6.09. The highest BCUT2D eigenvalue weighted by Crippen LogP contribution is 2.02. The van der Waals surface area contributed by atoms with Crippen LogP contribution in [-0.2, 0) is 6.54 Å². The molecule has 0 spiro atoms. The second-order valence-electron chi connectivity index (χ2n) is 6.09. The molecule has 0 aromatic carbocycles. The fraction of sp³-hybridized carbons (Fsp3) is 0.765. The van der Waals surface area contributed by atoms with Crippen LogP contribution >= 0.6 is 0 Å². The SMILES string of the molecule is CCCCN(C)CCNC(=NC)NCCCn1nc(C)cc1C. The molecule has 0 saturated heterocycles. The van der Waals surface area contributed by atoms with Gasteiger partial charge in [0.15, 0.2) is 5.96 Å². The highest BCUT2D eigenvalue weighted by molar-refractivity contribution is 5.79. The summed E-state index contributed by atoms with van der Waals surface area (Å²) in [7, 11) is 3.99. The first kappa shape index (κ1) is 19.5. The fourth-order valence-corrected chi connectivity index (χ4v) is 2.46. The average Bonchev–Trinajstić information content (AvgIpc) is 2.85. The molecule has 23 heavy (non-hydrogen) atoms. The van der Waals surface area contributed by atoms with Crippen molar-refractivity contribution in [3.63, 3.8) is 0 Å². The van der Waals surface area contributed by atoms with Gasteiger partial charge in [0.25, 0.3) is 0 Å². The molecule has 0 fully saturated rings. The minimum atomic E-state index is 0.877. The van der Waals surface area contributed by atoms with Crippen LogP contribution in [0.3, 0.4) is 0 Å². The van der Waals surface area contributed by atoms with Gasteiger partial charge in [-0.1, -0.05) is 13.3 Å². The zero-order valence-electron chi connectivity index (χ0n) is 15.5. The maximum absolute atomic E-state index is 4.48. The molecule has 6 heteroatoms. The van der Waals surface area contributed by atoms with Crippen molar-refractivity contribution < 1.29 is 0 Å². The summed E-state index contributed by atoms with van der Waals surface area (Å²) in [6.07, 6.45) is 3.53. The van der Waals surface area contributed by atoms with E-state index in [0.717, 1.165) is 50.8 Å². The first-order valence-corrected chi connectivity index (χ1v) is 8.71. The van der Waals surface area contributed by atoms with Crippen LogP contribution in [-0.4, -0.2) is 60.9 Å². The molecule has 0 aliphatic heterocycles. The van der Waals surface area contributed by atoms with Crippen LogP contribution in [0.5, 0.6) is 0 Å². The van der Waals surface area contributed by atoms with Crippen molar-refractivity contribution in [2.24, 2.45) is 4.99 Å². The molecule has 1 aromatic rings. The third kappa shape index (κ3) is 8.02. The van der Waals surface area contributed by atoms with Gasteiger partial charge in [0, 0.05) is 38.9 Å². The minimum absolute atomic E-state index is 0.877. The molecule has 0 radical (unpaired) electrons. The van der Waals surface area contributed by atoms with E-state index in [1.807, 2.05) is 14.0 Å². The van der Waals surface area contributed by atoms with Gasteiger partial charge in [-0.25, -0.2) is 0 Å². The summed E-state index contributed by atoms with van der Waals surface area (Å²) in [6, 6.07) is 2.11. The van der Waals surface area contributed by atoms with Crippen LogP contribution in [0.2, 0.25) is 0 Å². The number of nitrogens with one attached hydrogen (secondary N) is 2. The number of aryl methyl sites for hydroxylation is 3. The van der Waals surface area contributed by atoms with E-state index in [1.165, 1.54) is 18.5 Å². The molecule has 2 N–H and O–H groups in total. The van der Waals surface area contributed by atoms with Crippen LogP contribution in [0.15, 0.2) is 11.1 Å². The van der Waals surface area contributed by atoms with Gasteiger partial charge < -0.3 is 15.5 Å². The van der Waals surface area contributed by atoms with Gasteiger partial charge in [0.2, 0.25) is 0 Å². The van der Waals surface area contributed by atoms with E-state index in [9.17, 15) is 0 Å². The summed E-state index contributed by atoms with van der Waals surface area (Å²) in [5.74, 6) is 0.877. The number of rotatable bonds is 10. The Bertz CT molecular complexity index is 466. The lowest BCUT2D eigenvalue weighted by Gasteiger charge is -2.18. The second kappa shape index (κ2) is 11.0. The lowest BCUT2D eigenvalue weighted by atomic mass is 10.3. The van der Waals surface area contributed by atoms with Crippen LogP contribution in [0.4, 0.5) is 0 Å². The summed E-state index contributed by atoms with van der Waals surface area (Å²) < 4.78 is 2.07. The van der Waals surface area contributed by atoms with Crippen molar-refractivity contribution >= 4 is 5.96 Å². The van der Waals surface area contributed by atoms with Crippen molar-refractivity contribution in [3.05, 3.63) is 17.5 Å². The molecule has 0 atom stereocenters. The van der Waals surface area contributed by atoms with Gasteiger partial charge in [-0.15, -0.1) is 0 Å². The molecule has 132 valence electrons. The zero-order valence-corrected chi connectivity index (χ0v) is 15.5. The average molecular weight is 323 g/mol. The molecule has 0 aliphatic carbocycles. The predicted molar refractivity (Wildman–Crippen MR) is 98.1 cm³/mol. The Balaban J connectivity index is 2.15. The highest BCUT2D eigenvalue weighted by Gasteiger charge is 2.02. The fourth-order valence-electron chi connectivity index (χ4n) is 2.46. The maximum Gasteiger partial charge on any atom is 0.191 e. The Labute approximate surface area is 141 Å². The normalized spacial score (nSPS) is 12.0. The van der Waals surface area contributed by atoms with Crippen LogP contribution in [0.25, 0.3) is 0 Å². The van der Waals surface area contributed by atoms with E-state index in [2.05, 4.69) is 57.3 Å². The molecule has 1 aromatic heterocycles. The quantitative estimate of drug-likeness (QED) is 0.392. The monoisotopic (exact) mass is 322 g/mol. The Hall–Kier alpha value is -1.56. The standard InChI is InChI=1S/C17H34N6/c1-6-7-11-22(5)13-10-20-17(18-4)19-9-8-12-23-16(3)14-15(2)21-23/h14H,6-13H2,1-5H3,(H2,18,19,20). The largest absolute Gasteiger partial charge is 0.356 e. The lowest BCUT2D eigenvalue weighted by molar-refractivity contribution is 0.332. The Morgan fingerprint density at radius 2 is 1.96 bits per heavy atom. The molecule has 0 aliphatic rings. The Morgan fingerprint density at radius 3 is 2.57 bits per heavy atom. The first-order chi connectivity index (χ1) is 11.1. The van der Waals surface area contributed by atoms with E-state index in [1.54, 1.807) is 0 Å². The van der Waals surface area contributed by atoms with E-state index in [-0.39, 0.29) is 0 Å². The van der Waals surface area contributed by atoms with Crippen molar-refractivity contribution in [2.75, 3.05) is 40.3 Å². The van der Waals surface area contributed by atoms with Crippen molar-refractivity contribution in [3.8, 4) is 0 Å². The number of nitrogens with zero attached hydrogens (tertiary/aromatic N) is 4. The number of hydrogen-bond acceptors (Lipinski definition) is 3. The van der Waals surface area contributed by atoms with Crippen LogP contribution < -0.4 is 10.6 Å². The number of aliphatic imine (C=N–C) groups is 1. The van der Waals surface area contributed by atoms with E-state index in [4.69, 9.17) is 0 Å². The summed E-state index contributed by atoms with van der Waals surface area (Å²) in [5.41, 5.74) is 2.31. The van der Waals surface area contributed by atoms with Gasteiger partial charge in [-0.3, -0.25) is 9.67 Å². The summed E-state index contributed by atoms with van der Waals surface area (Å²) in [4.78, 5) is 6.62. The van der Waals surface area contributed by atoms with E-state index in [0.29, 0.717) is 0 Å². The molecular formula is C17H34N6. The lowest BCUT2D eigenvalue weighted by Crippen LogP contribution is -2.41. The molecular weight excluding hydrogens is 288 g/mol. The Kier molecular flexibility index (Phi) is 9.36. The van der Waals surface area contributed by atoms with Crippen LogP contribution in [0, 0.1) is 13.8 Å². The molecule has 0 unspecified atom stereocenters. The Morgan fingerprint density at radius 1 is 1.22 bits per heavy atom. The number of likely N-dealkylation sites (N-methyl/N-ethyl adjacent to an activating group) is 1. The number of unbranched alkanes of at least 4 members (excludes halogenated alkanes) is 1. The molecule has 0 bridgehead atoms. The number of hydrogen-bond donors (Lipinski definition) is 2. The number of aromatic nitrogens is 2. The molecule has 6 nitrogen and oxygen atoms in total. The van der Waals surface area contributed by atoms with E-state index < -0.39 is 0 Å². The molecule has 1 heterocycles. The third-order valence-electron chi connectivity index (χ3n) is 3.85. The zero-order chi connectivity index (χ0) is 17.1. The van der Waals surface area contributed by atoms with Crippen molar-refractivity contribution in [1.82, 2.24) is 25.3 Å². The molecule has 0 saturated carbocycles. The smallest absolute Gasteiger partial charge is 0.191 e. The van der Waals surface area contributed by atoms with Gasteiger partial charge in [0.1, 0.15) is 0 Å². The van der Waals surface area contributed by atoms with Crippen molar-refractivity contribution in [2.45, 2.75) is 46.6 Å². The van der Waals surface area contributed by atoms with Crippen molar-refractivity contribution in [1.29, 1.82) is 0 Å². The van der Waals surface area contributed by atoms with Crippen LogP contribution in [0.1, 0.15) is 37.6 Å².